The van der Waals surface area contributed by atoms with Crippen LogP contribution in [0.1, 0.15) is 11.7 Å². The largest absolute Gasteiger partial charge is 0.461 e. The Morgan fingerprint density at radius 2 is 1.88 bits per heavy atom. The van der Waals surface area contributed by atoms with Crippen molar-refractivity contribution in [2.24, 2.45) is 0 Å². The zero-order valence-corrected chi connectivity index (χ0v) is 13.0. The Hall–Kier alpha value is -2.86. The molecular formula is C17H11ClN2O4. The van der Waals surface area contributed by atoms with E-state index in [2.05, 4.69) is 10.6 Å². The number of anilines is 2. The lowest BCUT2D eigenvalue weighted by Gasteiger charge is -2.19. The molecule has 0 unspecified atom stereocenters. The Kier molecular flexibility index (Phi) is 2.72. The van der Waals surface area contributed by atoms with Crippen LogP contribution in [0.5, 0.6) is 11.5 Å². The third-order valence-electron chi connectivity index (χ3n) is 4.14. The van der Waals surface area contributed by atoms with Crippen molar-refractivity contribution in [3.63, 3.8) is 0 Å². The number of nitrogens with one attached hydrogen (secondary N) is 2. The van der Waals surface area contributed by atoms with Gasteiger partial charge in [-0.05, 0) is 30.3 Å². The van der Waals surface area contributed by atoms with Crippen molar-refractivity contribution >= 4 is 28.8 Å². The molecule has 2 aromatic carbocycles. The van der Waals surface area contributed by atoms with E-state index in [9.17, 15) is 4.79 Å². The number of carbonyl (C=O) groups is 1. The molecule has 0 radical (unpaired) electrons. The molecule has 120 valence electrons. The second kappa shape index (κ2) is 4.82. The monoisotopic (exact) mass is 342 g/mol. The van der Waals surface area contributed by atoms with Crippen molar-refractivity contribution in [3.05, 3.63) is 58.6 Å². The third kappa shape index (κ3) is 1.93. The molecule has 6 nitrogen and oxygen atoms in total. The summed E-state index contributed by atoms with van der Waals surface area (Å²) in [6, 6.07) is 10.7. The minimum atomic E-state index is -0.728. The van der Waals surface area contributed by atoms with Crippen LogP contribution < -0.4 is 20.1 Å². The fourth-order valence-electron chi connectivity index (χ4n) is 2.97. The molecule has 0 aliphatic carbocycles. The molecule has 7 heteroatoms. The number of ether oxygens (including phenoxy) is 3. The summed E-state index contributed by atoms with van der Waals surface area (Å²) in [5.41, 5.74) is 2.67. The number of Topliss-reactive ketones (excluding diaryl/α,β-unsaturated/α-hetero) is 1. The van der Waals surface area contributed by atoms with Crippen molar-refractivity contribution in [3.8, 4) is 11.5 Å². The van der Waals surface area contributed by atoms with E-state index in [1.165, 1.54) is 0 Å². The highest BCUT2D eigenvalue weighted by molar-refractivity contribution is 6.31. The molecule has 3 heterocycles. The molecule has 0 saturated heterocycles. The maximum atomic E-state index is 12.7. The van der Waals surface area contributed by atoms with E-state index in [1.54, 1.807) is 30.3 Å². The summed E-state index contributed by atoms with van der Waals surface area (Å²) in [7, 11) is 0. The Morgan fingerprint density at radius 1 is 1.00 bits per heavy atom. The van der Waals surface area contributed by atoms with Crippen LogP contribution in [0.2, 0.25) is 5.02 Å². The highest BCUT2D eigenvalue weighted by Crippen LogP contribution is 2.42. The van der Waals surface area contributed by atoms with E-state index in [-0.39, 0.29) is 12.6 Å². The summed E-state index contributed by atoms with van der Waals surface area (Å²) >= 11 is 6.01. The van der Waals surface area contributed by atoms with Crippen molar-refractivity contribution in [1.82, 2.24) is 0 Å². The van der Waals surface area contributed by atoms with Gasteiger partial charge in [-0.3, -0.25) is 4.79 Å². The molecule has 1 atom stereocenters. The summed E-state index contributed by atoms with van der Waals surface area (Å²) in [5, 5.41) is 6.83. The first-order chi connectivity index (χ1) is 11.7. The number of halogens is 1. The van der Waals surface area contributed by atoms with Gasteiger partial charge < -0.3 is 24.8 Å². The summed E-state index contributed by atoms with van der Waals surface area (Å²) in [6.07, 6.45) is -0.728. The van der Waals surface area contributed by atoms with Gasteiger partial charge in [0.15, 0.2) is 17.6 Å². The van der Waals surface area contributed by atoms with E-state index < -0.39 is 6.10 Å². The third-order valence-corrected chi connectivity index (χ3v) is 4.37. The lowest BCUT2D eigenvalue weighted by Crippen LogP contribution is -2.18. The van der Waals surface area contributed by atoms with E-state index >= 15 is 0 Å². The lowest BCUT2D eigenvalue weighted by atomic mass is 10.0. The number of rotatable bonds is 1. The molecule has 0 bridgehead atoms. The molecule has 0 spiro atoms. The minimum absolute atomic E-state index is 0.142. The van der Waals surface area contributed by atoms with E-state index in [4.69, 9.17) is 25.8 Å². The van der Waals surface area contributed by atoms with Gasteiger partial charge in [-0.2, -0.15) is 0 Å². The zero-order valence-electron chi connectivity index (χ0n) is 12.3. The standard InChI is InChI=1S/C17H11ClN2O4/c18-9-2-3-10-11(6-9)20-17-14(19-10)15(21)16(24-17)8-1-4-12-13(5-8)23-7-22-12/h1-6,16,19-20H,7H2/t16-/m1/s1. The van der Waals surface area contributed by atoms with Gasteiger partial charge in [0.1, 0.15) is 5.70 Å². The first-order valence-corrected chi connectivity index (χ1v) is 7.75. The molecule has 0 saturated carbocycles. The smallest absolute Gasteiger partial charge is 0.231 e. The maximum Gasteiger partial charge on any atom is 0.231 e. The molecule has 0 fully saturated rings. The molecule has 2 N–H and O–H groups in total. The Labute approximate surface area is 142 Å². The molecule has 3 aliphatic heterocycles. The average molecular weight is 343 g/mol. The van der Waals surface area contributed by atoms with Gasteiger partial charge in [0.25, 0.3) is 0 Å². The summed E-state index contributed by atoms with van der Waals surface area (Å²) in [4.78, 5) is 12.7. The Bertz CT molecular complexity index is 925. The first-order valence-electron chi connectivity index (χ1n) is 7.37. The van der Waals surface area contributed by atoms with Gasteiger partial charge in [0, 0.05) is 10.6 Å². The topological polar surface area (TPSA) is 68.8 Å². The fourth-order valence-corrected chi connectivity index (χ4v) is 3.14. The molecule has 5 rings (SSSR count). The van der Waals surface area contributed by atoms with Crippen LogP contribution in [0.25, 0.3) is 0 Å². The normalized spacial score (nSPS) is 20.0. The van der Waals surface area contributed by atoms with E-state index in [0.717, 1.165) is 11.4 Å². The Morgan fingerprint density at radius 3 is 2.79 bits per heavy atom. The number of hydrogen-bond acceptors (Lipinski definition) is 6. The Balaban J connectivity index is 1.47. The fraction of sp³-hybridized carbons (Fsp3) is 0.118. The predicted octanol–water partition coefficient (Wildman–Crippen LogP) is 3.42. The van der Waals surface area contributed by atoms with Crippen LogP contribution in [0.15, 0.2) is 48.0 Å². The zero-order chi connectivity index (χ0) is 16.3. The molecule has 2 aromatic rings. The maximum absolute atomic E-state index is 12.7. The van der Waals surface area contributed by atoms with Crippen molar-refractivity contribution in [2.75, 3.05) is 17.4 Å². The number of benzene rings is 2. The van der Waals surface area contributed by atoms with Crippen LogP contribution in [-0.4, -0.2) is 12.6 Å². The van der Waals surface area contributed by atoms with Crippen LogP contribution in [-0.2, 0) is 9.53 Å². The number of fused-ring (bicyclic) bond motifs is 2. The summed E-state index contributed by atoms with van der Waals surface area (Å²) < 4.78 is 16.5. The highest BCUT2D eigenvalue weighted by Gasteiger charge is 2.39. The van der Waals surface area contributed by atoms with Crippen molar-refractivity contribution in [2.45, 2.75) is 6.10 Å². The second-order valence-corrected chi connectivity index (χ2v) is 6.06. The van der Waals surface area contributed by atoms with E-state index in [1.807, 2.05) is 6.07 Å². The highest BCUT2D eigenvalue weighted by atomic mass is 35.5. The summed E-state index contributed by atoms with van der Waals surface area (Å²) in [5.74, 6) is 1.54. The van der Waals surface area contributed by atoms with Crippen LogP contribution in [0, 0.1) is 0 Å². The number of hydrogen-bond donors (Lipinski definition) is 2. The van der Waals surface area contributed by atoms with Gasteiger partial charge in [-0.1, -0.05) is 17.7 Å². The van der Waals surface area contributed by atoms with Crippen LogP contribution in [0.4, 0.5) is 11.4 Å². The molecule has 24 heavy (non-hydrogen) atoms. The molecule has 3 aliphatic rings. The molecule has 0 aromatic heterocycles. The van der Waals surface area contributed by atoms with Gasteiger partial charge in [-0.25, -0.2) is 0 Å². The van der Waals surface area contributed by atoms with Crippen molar-refractivity contribution < 1.29 is 19.0 Å². The van der Waals surface area contributed by atoms with Gasteiger partial charge in [0.2, 0.25) is 18.5 Å². The second-order valence-electron chi connectivity index (χ2n) is 5.62. The number of carbonyl (C=O) groups excluding carboxylic acids is 1. The minimum Gasteiger partial charge on any atom is -0.461 e. The van der Waals surface area contributed by atoms with Gasteiger partial charge in [-0.15, -0.1) is 0 Å². The van der Waals surface area contributed by atoms with E-state index in [0.29, 0.717) is 33.7 Å². The quantitative estimate of drug-likeness (QED) is 0.827. The van der Waals surface area contributed by atoms with Crippen LogP contribution in [0.3, 0.4) is 0 Å². The van der Waals surface area contributed by atoms with Crippen molar-refractivity contribution in [1.29, 1.82) is 0 Å². The number of ketones is 1. The van der Waals surface area contributed by atoms with Crippen LogP contribution >= 0.6 is 11.6 Å². The average Bonchev–Trinajstić information content (AvgIpc) is 3.17. The summed E-state index contributed by atoms with van der Waals surface area (Å²) in [6.45, 7) is 0.187. The lowest BCUT2D eigenvalue weighted by molar-refractivity contribution is -0.121. The molecule has 0 amide bonds. The van der Waals surface area contributed by atoms with Gasteiger partial charge in [0.05, 0.1) is 11.4 Å². The molecular weight excluding hydrogens is 332 g/mol. The SMILES string of the molecule is O=C1C2=C(Nc3cc(Cl)ccc3N2)O[C@@H]1c1ccc2c(c1)OCO2. The van der Waals surface area contributed by atoms with Gasteiger partial charge >= 0.3 is 0 Å². The first kappa shape index (κ1) is 13.6. The predicted molar refractivity (Wildman–Crippen MR) is 87.1 cm³/mol.